The summed E-state index contributed by atoms with van der Waals surface area (Å²) in [6, 6.07) is 7.00. The molecule has 2 amide bonds. The molecule has 204 valence electrons. The first-order valence-corrected chi connectivity index (χ1v) is 13.6. The van der Waals surface area contributed by atoms with Crippen molar-refractivity contribution >= 4 is 24.0 Å². The number of nitrogens with zero attached hydrogens (tertiary/aromatic N) is 4. The number of carbonyl (C=O) groups excluding carboxylic acids is 3. The molecule has 0 aromatic heterocycles. The standard InChI is InChI=1S/C29H38N4O5/c1-5-37-25(34)18-29(17-21-11-10-20(19-30)16-23(21)31-29)13-12-22-8-6-14-32(22)26(35)24-9-7-15-33(24)27(36)38-28(2,3)4/h10-11,16-17,22,24H,5-9,12-15,18H2,1-4H3. The molecule has 0 bridgehead atoms. The molecule has 3 unspecified atom stereocenters. The van der Waals surface area contributed by atoms with Crippen LogP contribution in [0.4, 0.5) is 4.79 Å². The lowest BCUT2D eigenvalue weighted by Crippen LogP contribution is -2.50. The van der Waals surface area contributed by atoms with Gasteiger partial charge >= 0.3 is 12.1 Å². The molecule has 1 aromatic carbocycles. The van der Waals surface area contributed by atoms with E-state index in [-0.39, 0.29) is 24.3 Å². The maximum atomic E-state index is 13.7. The molecule has 2 saturated heterocycles. The summed E-state index contributed by atoms with van der Waals surface area (Å²) in [7, 11) is 0. The predicted molar refractivity (Wildman–Crippen MR) is 140 cm³/mol. The van der Waals surface area contributed by atoms with E-state index >= 15 is 0 Å². The number of ether oxygens (including phenoxy) is 2. The highest BCUT2D eigenvalue weighted by Crippen LogP contribution is 2.33. The third-order valence-corrected chi connectivity index (χ3v) is 7.42. The van der Waals surface area contributed by atoms with Crippen LogP contribution < -0.4 is 10.6 Å². The summed E-state index contributed by atoms with van der Waals surface area (Å²) in [4.78, 5) is 47.4. The van der Waals surface area contributed by atoms with Crippen LogP contribution >= 0.6 is 0 Å². The molecular weight excluding hydrogens is 484 g/mol. The molecule has 4 rings (SSSR count). The first-order chi connectivity index (χ1) is 18.0. The summed E-state index contributed by atoms with van der Waals surface area (Å²) in [6.45, 7) is 8.71. The number of fused-ring (bicyclic) bond motifs is 1. The van der Waals surface area contributed by atoms with Crippen LogP contribution in [0, 0.1) is 11.3 Å². The Morgan fingerprint density at radius 2 is 1.89 bits per heavy atom. The topological polar surface area (TPSA) is 112 Å². The Balaban J connectivity index is 1.50. The number of hydrogen-bond acceptors (Lipinski definition) is 7. The van der Waals surface area contributed by atoms with E-state index in [1.807, 2.05) is 37.8 Å². The summed E-state index contributed by atoms with van der Waals surface area (Å²) in [6.07, 6.45) is 6.07. The molecule has 9 nitrogen and oxygen atoms in total. The zero-order chi connectivity index (χ0) is 27.5. The van der Waals surface area contributed by atoms with Crippen LogP contribution in [0.15, 0.2) is 23.2 Å². The van der Waals surface area contributed by atoms with Gasteiger partial charge in [0.1, 0.15) is 11.6 Å². The Bertz CT molecular complexity index is 1250. The Kier molecular flexibility index (Phi) is 8.10. The van der Waals surface area contributed by atoms with Crippen molar-refractivity contribution in [2.75, 3.05) is 19.7 Å². The maximum Gasteiger partial charge on any atom is 0.410 e. The molecule has 0 radical (unpaired) electrons. The van der Waals surface area contributed by atoms with E-state index in [0.717, 1.165) is 24.5 Å². The summed E-state index contributed by atoms with van der Waals surface area (Å²) < 4.78 is 10.8. The van der Waals surface area contributed by atoms with Crippen LogP contribution in [0.5, 0.6) is 0 Å². The Hall–Kier alpha value is -3.41. The quantitative estimate of drug-likeness (QED) is 0.509. The highest BCUT2D eigenvalue weighted by Gasteiger charge is 2.42. The van der Waals surface area contributed by atoms with Crippen molar-refractivity contribution in [2.45, 2.75) is 95.9 Å². The second kappa shape index (κ2) is 11.1. The van der Waals surface area contributed by atoms with Crippen molar-refractivity contribution in [2.24, 2.45) is 4.99 Å². The molecule has 3 heterocycles. The molecule has 3 atom stereocenters. The van der Waals surface area contributed by atoms with Crippen LogP contribution in [-0.2, 0) is 19.1 Å². The molecule has 0 aliphatic carbocycles. The monoisotopic (exact) mass is 522 g/mol. The normalized spacial score (nSPS) is 24.3. The van der Waals surface area contributed by atoms with Gasteiger partial charge in [0.05, 0.1) is 35.6 Å². The number of rotatable bonds is 7. The van der Waals surface area contributed by atoms with Crippen molar-refractivity contribution in [1.29, 1.82) is 5.26 Å². The minimum absolute atomic E-state index is 0.00430. The molecule has 0 saturated carbocycles. The number of esters is 1. The van der Waals surface area contributed by atoms with Gasteiger partial charge in [0.2, 0.25) is 5.91 Å². The van der Waals surface area contributed by atoms with Crippen LogP contribution in [0.1, 0.15) is 78.2 Å². The zero-order valence-electron chi connectivity index (χ0n) is 22.9. The van der Waals surface area contributed by atoms with Crippen LogP contribution in [0.25, 0.3) is 6.08 Å². The lowest BCUT2D eigenvalue weighted by Gasteiger charge is -2.33. The molecule has 3 aliphatic heterocycles. The van der Waals surface area contributed by atoms with Gasteiger partial charge in [-0.05, 0) is 89.6 Å². The van der Waals surface area contributed by atoms with Crippen molar-refractivity contribution in [3.05, 3.63) is 34.3 Å². The summed E-state index contributed by atoms with van der Waals surface area (Å²) >= 11 is 0. The second-order valence-electron chi connectivity index (χ2n) is 11.4. The molecule has 0 spiro atoms. The smallest absolute Gasteiger partial charge is 0.410 e. The first kappa shape index (κ1) is 27.6. The molecule has 1 aromatic rings. The summed E-state index contributed by atoms with van der Waals surface area (Å²) in [5.41, 5.74) is -0.883. The fourth-order valence-corrected chi connectivity index (χ4v) is 5.76. The lowest BCUT2D eigenvalue weighted by atomic mass is 9.88. The highest BCUT2D eigenvalue weighted by molar-refractivity contribution is 5.86. The Morgan fingerprint density at radius 1 is 1.16 bits per heavy atom. The van der Waals surface area contributed by atoms with E-state index in [1.54, 1.807) is 24.0 Å². The Labute approximate surface area is 224 Å². The Morgan fingerprint density at radius 3 is 2.61 bits per heavy atom. The number of hydrogen-bond donors (Lipinski definition) is 0. The van der Waals surface area contributed by atoms with Gasteiger partial charge in [0, 0.05) is 19.1 Å². The highest BCUT2D eigenvalue weighted by atomic mass is 16.6. The molecule has 2 fully saturated rings. The number of likely N-dealkylation sites (tertiary alicyclic amines) is 2. The SMILES string of the molecule is CCOC(=O)CC1(CCC2CCCN2C(=O)C2CCCN2C(=O)OC(C)(C)C)C=c2ccc(C#N)cc2=N1. The average Bonchev–Trinajstić information content (AvgIpc) is 3.59. The van der Waals surface area contributed by atoms with Crippen molar-refractivity contribution < 1.29 is 23.9 Å². The van der Waals surface area contributed by atoms with E-state index in [0.29, 0.717) is 49.9 Å². The number of amides is 2. The van der Waals surface area contributed by atoms with Gasteiger partial charge in [0.15, 0.2) is 0 Å². The molecule has 3 aliphatic rings. The van der Waals surface area contributed by atoms with Gasteiger partial charge in [-0.25, -0.2) is 4.79 Å². The van der Waals surface area contributed by atoms with Crippen molar-refractivity contribution in [1.82, 2.24) is 9.80 Å². The molecule has 9 heteroatoms. The third kappa shape index (κ3) is 6.17. The fourth-order valence-electron chi connectivity index (χ4n) is 5.76. The van der Waals surface area contributed by atoms with Gasteiger partial charge < -0.3 is 14.4 Å². The largest absolute Gasteiger partial charge is 0.466 e. The maximum absolute atomic E-state index is 13.7. The fraction of sp³-hybridized carbons (Fsp3) is 0.621. The second-order valence-corrected chi connectivity index (χ2v) is 11.4. The molecular formula is C29H38N4O5. The third-order valence-electron chi connectivity index (χ3n) is 7.42. The van der Waals surface area contributed by atoms with Gasteiger partial charge in [-0.15, -0.1) is 0 Å². The van der Waals surface area contributed by atoms with E-state index in [1.165, 1.54) is 0 Å². The van der Waals surface area contributed by atoms with Crippen molar-refractivity contribution in [3.8, 4) is 6.07 Å². The van der Waals surface area contributed by atoms with E-state index in [2.05, 4.69) is 6.07 Å². The first-order valence-electron chi connectivity index (χ1n) is 13.6. The number of carbonyl (C=O) groups is 3. The van der Waals surface area contributed by atoms with Gasteiger partial charge in [-0.2, -0.15) is 5.26 Å². The number of nitriles is 1. The van der Waals surface area contributed by atoms with Gasteiger partial charge in [-0.1, -0.05) is 6.07 Å². The predicted octanol–water partition coefficient (Wildman–Crippen LogP) is 2.83. The van der Waals surface area contributed by atoms with Gasteiger partial charge in [0.25, 0.3) is 0 Å². The molecule has 0 N–H and O–H groups in total. The van der Waals surface area contributed by atoms with Crippen LogP contribution in [-0.4, -0.2) is 70.7 Å². The minimum atomic E-state index is -0.782. The van der Waals surface area contributed by atoms with E-state index in [4.69, 9.17) is 14.5 Å². The lowest BCUT2D eigenvalue weighted by molar-refractivity contribution is -0.144. The number of benzene rings is 1. The summed E-state index contributed by atoms with van der Waals surface area (Å²) in [5, 5.41) is 10.9. The molecule has 38 heavy (non-hydrogen) atoms. The van der Waals surface area contributed by atoms with E-state index in [9.17, 15) is 19.6 Å². The zero-order valence-corrected chi connectivity index (χ0v) is 22.9. The van der Waals surface area contributed by atoms with Crippen LogP contribution in [0.3, 0.4) is 0 Å². The van der Waals surface area contributed by atoms with Crippen molar-refractivity contribution in [3.63, 3.8) is 0 Å². The van der Waals surface area contributed by atoms with Crippen LogP contribution in [0.2, 0.25) is 0 Å². The van der Waals surface area contributed by atoms with E-state index < -0.39 is 23.3 Å². The summed E-state index contributed by atoms with van der Waals surface area (Å²) in [5.74, 6) is -0.344. The minimum Gasteiger partial charge on any atom is -0.466 e. The average molecular weight is 523 g/mol. The van der Waals surface area contributed by atoms with Gasteiger partial charge in [-0.3, -0.25) is 19.5 Å².